The molecule has 0 aliphatic carbocycles. The Hall–Kier alpha value is -5.02. The van der Waals surface area contributed by atoms with Crippen molar-refractivity contribution in [2.45, 2.75) is 38.3 Å². The Kier molecular flexibility index (Phi) is 8.36. The number of anilines is 1. The first-order valence-electron chi connectivity index (χ1n) is 15.1. The van der Waals surface area contributed by atoms with Gasteiger partial charge >= 0.3 is 6.01 Å². The SMILES string of the molecule is C=CC(=O)N1CCN(c2nc(OCC3CCCN3C)nc3c(=O)n(-c4cc(OC)cc5ccccc45)c(C)nc23)CC1CC#N. The van der Waals surface area contributed by atoms with Crippen molar-refractivity contribution < 1.29 is 14.3 Å². The normalized spacial score (nSPS) is 18.7. The molecule has 2 aliphatic rings. The predicted molar refractivity (Wildman–Crippen MR) is 171 cm³/mol. The third kappa shape index (κ3) is 5.67. The Bertz CT molecular complexity index is 1880. The summed E-state index contributed by atoms with van der Waals surface area (Å²) in [6.07, 6.45) is 3.49. The number of aryl methyl sites for hydroxylation is 1. The van der Waals surface area contributed by atoms with Gasteiger partial charge in [-0.15, -0.1) is 0 Å². The van der Waals surface area contributed by atoms with Crippen LogP contribution in [0.2, 0.25) is 0 Å². The molecule has 2 fully saturated rings. The molecule has 2 saturated heterocycles. The molecule has 4 heterocycles. The van der Waals surface area contributed by atoms with Gasteiger partial charge in [-0.1, -0.05) is 30.8 Å². The fourth-order valence-electron chi connectivity index (χ4n) is 6.37. The van der Waals surface area contributed by atoms with Crippen LogP contribution in [-0.2, 0) is 4.79 Å². The van der Waals surface area contributed by atoms with Crippen molar-refractivity contribution in [2.24, 2.45) is 0 Å². The number of likely N-dealkylation sites (tertiary alicyclic amines) is 1. The van der Waals surface area contributed by atoms with Crippen LogP contribution in [0.25, 0.3) is 27.5 Å². The Morgan fingerprint density at radius 3 is 2.69 bits per heavy atom. The maximum atomic E-state index is 14.4. The number of likely N-dealkylation sites (N-methyl/N-ethyl adjacent to an activating group) is 1. The van der Waals surface area contributed by atoms with Crippen LogP contribution in [0.1, 0.15) is 25.1 Å². The van der Waals surface area contributed by atoms with Gasteiger partial charge in [0.2, 0.25) is 5.91 Å². The van der Waals surface area contributed by atoms with E-state index in [-0.39, 0.29) is 41.5 Å². The third-order valence-electron chi connectivity index (χ3n) is 8.78. The standard InChI is InChI=1S/C33H36N8O4/c1-5-28(42)40-16-15-39(19-23(40)12-13-34)31-29-30(36-33(37-31)45-20-24-10-8-14-38(24)3)32(43)41(21(2)35-29)27-18-25(44-4)17-22-9-6-7-11-26(22)27/h5-7,9,11,17-18,23-24H,1,8,10,12,14-16,19-20H2,2-4H3. The molecule has 1 amide bonds. The van der Waals surface area contributed by atoms with E-state index in [0.717, 1.165) is 30.2 Å². The zero-order valence-corrected chi connectivity index (χ0v) is 25.8. The number of carbonyl (C=O) groups excluding carboxylic acids is 1. The number of fused-ring (bicyclic) bond motifs is 2. The molecule has 2 unspecified atom stereocenters. The summed E-state index contributed by atoms with van der Waals surface area (Å²) in [6, 6.07) is 13.6. The van der Waals surface area contributed by atoms with Gasteiger partial charge in [-0.2, -0.15) is 15.2 Å². The second-order valence-corrected chi connectivity index (χ2v) is 11.5. The minimum absolute atomic E-state index is 0.0871. The summed E-state index contributed by atoms with van der Waals surface area (Å²) in [5.41, 5.74) is 0.721. The number of carbonyl (C=O) groups is 1. The highest BCUT2D eigenvalue weighted by Gasteiger charge is 2.32. The van der Waals surface area contributed by atoms with Crippen LogP contribution in [0.3, 0.4) is 0 Å². The number of nitriles is 1. The van der Waals surface area contributed by atoms with Gasteiger partial charge in [0.1, 0.15) is 23.7 Å². The van der Waals surface area contributed by atoms with Crippen LogP contribution in [0.4, 0.5) is 5.82 Å². The minimum Gasteiger partial charge on any atom is -0.497 e. The molecule has 6 rings (SSSR count). The molecule has 0 saturated carbocycles. The fourth-order valence-corrected chi connectivity index (χ4v) is 6.37. The number of rotatable bonds is 8. The first-order valence-corrected chi connectivity index (χ1v) is 15.1. The Morgan fingerprint density at radius 2 is 1.96 bits per heavy atom. The van der Waals surface area contributed by atoms with E-state index in [2.05, 4.69) is 29.6 Å². The molecule has 0 spiro atoms. The van der Waals surface area contributed by atoms with E-state index in [1.54, 1.807) is 23.5 Å². The Morgan fingerprint density at radius 1 is 1.13 bits per heavy atom. The van der Waals surface area contributed by atoms with Crippen molar-refractivity contribution in [3.63, 3.8) is 0 Å². The lowest BCUT2D eigenvalue weighted by molar-refractivity contribution is -0.128. The van der Waals surface area contributed by atoms with Crippen LogP contribution in [0.15, 0.2) is 53.8 Å². The van der Waals surface area contributed by atoms with E-state index in [4.69, 9.17) is 19.4 Å². The molecule has 4 aromatic rings. The number of benzene rings is 2. The smallest absolute Gasteiger partial charge is 0.319 e. The van der Waals surface area contributed by atoms with Crippen LogP contribution in [0, 0.1) is 18.3 Å². The van der Waals surface area contributed by atoms with Crippen LogP contribution in [-0.4, -0.2) is 94.3 Å². The number of methoxy groups -OCH3 is 1. The highest BCUT2D eigenvalue weighted by molar-refractivity contribution is 5.93. The number of aromatic nitrogens is 4. The lowest BCUT2D eigenvalue weighted by Crippen LogP contribution is -2.55. The van der Waals surface area contributed by atoms with Crippen molar-refractivity contribution in [3.05, 3.63) is 65.2 Å². The maximum Gasteiger partial charge on any atom is 0.319 e. The molecule has 12 heteroatoms. The summed E-state index contributed by atoms with van der Waals surface area (Å²) in [4.78, 5) is 47.2. The second-order valence-electron chi connectivity index (χ2n) is 11.5. The first-order chi connectivity index (χ1) is 21.8. The Balaban J connectivity index is 1.51. The molecule has 45 heavy (non-hydrogen) atoms. The summed E-state index contributed by atoms with van der Waals surface area (Å²) in [5, 5.41) is 11.3. The largest absolute Gasteiger partial charge is 0.497 e. The molecule has 0 N–H and O–H groups in total. The van der Waals surface area contributed by atoms with Gasteiger partial charge in [0.05, 0.1) is 31.3 Å². The van der Waals surface area contributed by atoms with Gasteiger partial charge in [0, 0.05) is 37.1 Å². The van der Waals surface area contributed by atoms with Crippen LogP contribution < -0.4 is 19.9 Å². The van der Waals surface area contributed by atoms with E-state index in [1.165, 1.54) is 6.08 Å². The highest BCUT2D eigenvalue weighted by atomic mass is 16.5. The summed E-state index contributed by atoms with van der Waals surface area (Å²) in [7, 11) is 3.66. The van der Waals surface area contributed by atoms with E-state index in [0.29, 0.717) is 54.8 Å². The summed E-state index contributed by atoms with van der Waals surface area (Å²) >= 11 is 0. The molecule has 2 aliphatic heterocycles. The quantitative estimate of drug-likeness (QED) is 0.275. The van der Waals surface area contributed by atoms with Crippen molar-refractivity contribution in [1.82, 2.24) is 29.3 Å². The summed E-state index contributed by atoms with van der Waals surface area (Å²) in [6.45, 7) is 7.88. The lowest BCUT2D eigenvalue weighted by atomic mass is 10.1. The van der Waals surface area contributed by atoms with Gasteiger partial charge in [-0.05, 0) is 50.9 Å². The monoisotopic (exact) mass is 608 g/mol. The van der Waals surface area contributed by atoms with E-state index in [1.807, 2.05) is 41.3 Å². The predicted octanol–water partition coefficient (Wildman–Crippen LogP) is 3.24. The summed E-state index contributed by atoms with van der Waals surface area (Å²) < 4.78 is 13.3. The molecule has 12 nitrogen and oxygen atoms in total. The number of piperazine rings is 1. The molecule has 2 atom stereocenters. The van der Waals surface area contributed by atoms with Crippen molar-refractivity contribution >= 4 is 33.5 Å². The zero-order chi connectivity index (χ0) is 31.7. The van der Waals surface area contributed by atoms with Crippen molar-refractivity contribution in [1.29, 1.82) is 5.26 Å². The average molecular weight is 609 g/mol. The van der Waals surface area contributed by atoms with Crippen LogP contribution >= 0.6 is 0 Å². The van der Waals surface area contributed by atoms with E-state index < -0.39 is 0 Å². The molecule has 232 valence electrons. The molecule has 0 radical (unpaired) electrons. The molecular formula is C33H36N8O4. The molecule has 2 aromatic carbocycles. The number of ether oxygens (including phenoxy) is 2. The van der Waals surface area contributed by atoms with Gasteiger partial charge in [0.25, 0.3) is 5.56 Å². The molecule has 2 aromatic heterocycles. The fraction of sp³-hybridized carbons (Fsp3) is 0.394. The highest BCUT2D eigenvalue weighted by Crippen LogP contribution is 2.31. The van der Waals surface area contributed by atoms with Crippen LogP contribution in [0.5, 0.6) is 11.8 Å². The lowest BCUT2D eigenvalue weighted by Gasteiger charge is -2.40. The minimum atomic E-state index is -0.389. The number of hydrogen-bond donors (Lipinski definition) is 0. The topological polar surface area (TPSA) is 130 Å². The molecular weight excluding hydrogens is 572 g/mol. The zero-order valence-electron chi connectivity index (χ0n) is 25.8. The van der Waals surface area contributed by atoms with Crippen molar-refractivity contribution in [2.75, 3.05) is 51.8 Å². The number of nitrogens with zero attached hydrogens (tertiary/aromatic N) is 8. The Labute approximate surface area is 261 Å². The number of hydrogen-bond acceptors (Lipinski definition) is 10. The molecule has 0 bridgehead atoms. The second kappa shape index (κ2) is 12.5. The van der Waals surface area contributed by atoms with E-state index >= 15 is 0 Å². The maximum absolute atomic E-state index is 14.4. The van der Waals surface area contributed by atoms with Crippen molar-refractivity contribution in [3.8, 4) is 23.5 Å². The average Bonchev–Trinajstić information content (AvgIpc) is 3.47. The summed E-state index contributed by atoms with van der Waals surface area (Å²) in [5.74, 6) is 1.27. The van der Waals surface area contributed by atoms with Gasteiger partial charge < -0.3 is 24.2 Å². The van der Waals surface area contributed by atoms with Gasteiger partial charge in [-0.25, -0.2) is 4.98 Å². The first kappa shape index (κ1) is 30.0. The third-order valence-corrected chi connectivity index (χ3v) is 8.78. The van der Waals surface area contributed by atoms with E-state index in [9.17, 15) is 14.9 Å². The van der Waals surface area contributed by atoms with Gasteiger partial charge in [-0.3, -0.25) is 14.2 Å². The van der Waals surface area contributed by atoms with Gasteiger partial charge in [0.15, 0.2) is 11.3 Å². The number of amides is 1.